The van der Waals surface area contributed by atoms with Crippen molar-refractivity contribution in [2.24, 2.45) is 0 Å². The van der Waals surface area contributed by atoms with Gasteiger partial charge in [-0.25, -0.2) is 0 Å². The second-order valence-electron chi connectivity index (χ2n) is 11.3. The number of rotatable bonds is 16. The van der Waals surface area contributed by atoms with Crippen LogP contribution >= 0.6 is 0 Å². The predicted molar refractivity (Wildman–Crippen MR) is 187 cm³/mol. The summed E-state index contributed by atoms with van der Waals surface area (Å²) in [4.78, 5) is 0. The molecule has 0 aromatic carbocycles. The molecule has 0 saturated heterocycles. The first-order valence-electron chi connectivity index (χ1n) is 14.8. The lowest BCUT2D eigenvalue weighted by Gasteiger charge is -2.03. The highest BCUT2D eigenvalue weighted by molar-refractivity contribution is 5.32. The second-order valence-corrected chi connectivity index (χ2v) is 11.3. The number of allylic oxidation sites excluding steroid dienone is 24. The van der Waals surface area contributed by atoms with Crippen molar-refractivity contribution in [1.82, 2.24) is 0 Å². The summed E-state index contributed by atoms with van der Waals surface area (Å²) >= 11 is 0. The molecule has 0 rings (SSSR count). The van der Waals surface area contributed by atoms with Gasteiger partial charge in [-0.1, -0.05) is 154 Å². The molecule has 0 spiro atoms. The third-order valence-electron chi connectivity index (χ3n) is 5.91. The van der Waals surface area contributed by atoms with E-state index in [1.165, 1.54) is 33.4 Å². The minimum atomic E-state index is -0.506. The van der Waals surface area contributed by atoms with Crippen molar-refractivity contribution in [2.75, 3.05) is 0 Å². The molecule has 222 valence electrons. The Kier molecular flexibility index (Phi) is 21.4. The van der Waals surface area contributed by atoms with E-state index in [4.69, 9.17) is 0 Å². The molecule has 0 radical (unpaired) electrons. The fraction of sp³-hybridized carbons (Fsp3) is 0.350. The molecule has 0 aliphatic carbocycles. The van der Waals surface area contributed by atoms with Crippen molar-refractivity contribution in [2.45, 2.75) is 94.6 Å². The first-order valence-corrected chi connectivity index (χ1v) is 14.8. The van der Waals surface area contributed by atoms with Crippen LogP contribution in [0.5, 0.6) is 0 Å². The fourth-order valence-corrected chi connectivity index (χ4v) is 3.45. The molecule has 0 saturated carbocycles. The molecule has 0 aromatic rings. The molecule has 0 fully saturated rings. The Bertz CT molecular complexity index is 1180. The Morgan fingerprint density at radius 3 is 1.41 bits per heavy atom. The maximum absolute atomic E-state index is 10.4. The van der Waals surface area contributed by atoms with E-state index in [0.29, 0.717) is 6.42 Å². The van der Waals surface area contributed by atoms with Crippen molar-refractivity contribution in [3.8, 4) is 0 Å². The van der Waals surface area contributed by atoms with Crippen molar-refractivity contribution in [3.05, 3.63) is 154 Å². The Balaban J connectivity index is 4.78. The van der Waals surface area contributed by atoms with Crippen molar-refractivity contribution in [1.29, 1.82) is 0 Å². The van der Waals surface area contributed by atoms with Gasteiger partial charge in [0.05, 0.1) is 6.10 Å². The van der Waals surface area contributed by atoms with E-state index in [0.717, 1.165) is 24.0 Å². The van der Waals surface area contributed by atoms with Crippen LogP contribution in [0.4, 0.5) is 0 Å². The van der Waals surface area contributed by atoms with E-state index in [9.17, 15) is 5.11 Å². The lowest BCUT2D eigenvalue weighted by atomic mass is 10.1. The Morgan fingerprint density at radius 2 is 0.927 bits per heavy atom. The van der Waals surface area contributed by atoms with Crippen LogP contribution < -0.4 is 0 Å². The van der Waals surface area contributed by atoms with Gasteiger partial charge in [-0.3, -0.25) is 0 Å². The molecule has 1 unspecified atom stereocenters. The van der Waals surface area contributed by atoms with Crippen LogP contribution in [0, 0.1) is 0 Å². The number of hydrogen-bond donors (Lipinski definition) is 1. The summed E-state index contributed by atoms with van der Waals surface area (Å²) in [5.74, 6) is 0. The summed E-state index contributed by atoms with van der Waals surface area (Å²) in [6, 6.07) is 0. The third kappa shape index (κ3) is 25.3. The van der Waals surface area contributed by atoms with Gasteiger partial charge >= 0.3 is 0 Å². The minimum absolute atomic E-state index is 0.506. The molecule has 0 bridgehead atoms. The van der Waals surface area contributed by atoms with E-state index >= 15 is 0 Å². The van der Waals surface area contributed by atoms with Gasteiger partial charge in [-0.15, -0.1) is 0 Å². The fourth-order valence-electron chi connectivity index (χ4n) is 3.45. The van der Waals surface area contributed by atoms with E-state index in [1.807, 2.05) is 25.2 Å². The van der Waals surface area contributed by atoms with Gasteiger partial charge in [0.1, 0.15) is 0 Å². The van der Waals surface area contributed by atoms with Gasteiger partial charge in [0, 0.05) is 0 Å². The highest BCUT2D eigenvalue weighted by Gasteiger charge is 1.97. The summed E-state index contributed by atoms with van der Waals surface area (Å²) in [6.45, 7) is 21.0. The molecule has 0 amide bonds. The SMILES string of the molecule is CC(C)=C\C=C/C(C)=C/C=C/C(C)=C/C=C/C(C)=C/CC(O)/C=C(C)/C=C/C=C(C)/C=C/C=C(\C)CCC=C(C)C. The quantitative estimate of drug-likeness (QED) is 0.149. The van der Waals surface area contributed by atoms with Gasteiger partial charge in [0.15, 0.2) is 0 Å². The van der Waals surface area contributed by atoms with Crippen LogP contribution in [-0.2, 0) is 0 Å². The van der Waals surface area contributed by atoms with Gasteiger partial charge in [-0.05, 0) is 88.5 Å². The minimum Gasteiger partial charge on any atom is -0.389 e. The van der Waals surface area contributed by atoms with E-state index in [-0.39, 0.29) is 0 Å². The Morgan fingerprint density at radius 1 is 0.488 bits per heavy atom. The molecule has 0 heterocycles. The summed E-state index contributed by atoms with van der Waals surface area (Å²) in [5, 5.41) is 10.4. The molecular weight excluding hydrogens is 496 g/mol. The third-order valence-corrected chi connectivity index (χ3v) is 5.91. The second kappa shape index (κ2) is 23.3. The zero-order chi connectivity index (χ0) is 31.0. The molecule has 0 aliphatic rings. The highest BCUT2D eigenvalue weighted by Crippen LogP contribution is 2.09. The predicted octanol–water partition coefficient (Wildman–Crippen LogP) is 11.9. The molecule has 0 aliphatic heterocycles. The largest absolute Gasteiger partial charge is 0.389 e. The highest BCUT2D eigenvalue weighted by atomic mass is 16.3. The molecular formula is C40H56O. The molecule has 1 atom stereocenters. The summed E-state index contributed by atoms with van der Waals surface area (Å²) in [7, 11) is 0. The van der Waals surface area contributed by atoms with Gasteiger partial charge in [-0.2, -0.15) is 0 Å². The zero-order valence-electron chi connectivity index (χ0n) is 27.5. The average Bonchev–Trinajstić information content (AvgIpc) is 2.87. The van der Waals surface area contributed by atoms with Crippen LogP contribution in [-0.4, -0.2) is 11.2 Å². The molecule has 1 N–H and O–H groups in total. The monoisotopic (exact) mass is 552 g/mol. The van der Waals surface area contributed by atoms with E-state index < -0.39 is 6.10 Å². The zero-order valence-corrected chi connectivity index (χ0v) is 27.5. The first-order chi connectivity index (χ1) is 19.4. The number of hydrogen-bond acceptors (Lipinski definition) is 1. The van der Waals surface area contributed by atoms with Crippen LogP contribution in [0.15, 0.2) is 154 Å². The number of aliphatic hydroxyl groups excluding tert-OH is 1. The van der Waals surface area contributed by atoms with E-state index in [1.54, 1.807) is 0 Å². The van der Waals surface area contributed by atoms with Crippen molar-refractivity contribution < 1.29 is 5.11 Å². The molecule has 41 heavy (non-hydrogen) atoms. The lowest BCUT2D eigenvalue weighted by Crippen LogP contribution is -2.00. The molecule has 0 aromatic heterocycles. The maximum Gasteiger partial charge on any atom is 0.0761 e. The van der Waals surface area contributed by atoms with Crippen molar-refractivity contribution in [3.63, 3.8) is 0 Å². The van der Waals surface area contributed by atoms with Crippen LogP contribution in [0.3, 0.4) is 0 Å². The van der Waals surface area contributed by atoms with E-state index in [2.05, 4.69) is 153 Å². The van der Waals surface area contributed by atoms with Crippen LogP contribution in [0.1, 0.15) is 88.5 Å². The average molecular weight is 553 g/mol. The molecule has 1 heteroatoms. The summed E-state index contributed by atoms with van der Waals surface area (Å²) < 4.78 is 0. The Labute approximate surface area is 253 Å². The maximum atomic E-state index is 10.4. The Hall–Kier alpha value is -3.42. The van der Waals surface area contributed by atoms with Crippen LogP contribution in [0.2, 0.25) is 0 Å². The topological polar surface area (TPSA) is 20.2 Å². The van der Waals surface area contributed by atoms with Crippen molar-refractivity contribution >= 4 is 0 Å². The summed E-state index contributed by atoms with van der Waals surface area (Å²) in [6.07, 6.45) is 39.9. The van der Waals surface area contributed by atoms with Gasteiger partial charge in [0.2, 0.25) is 0 Å². The number of aliphatic hydroxyl groups is 1. The smallest absolute Gasteiger partial charge is 0.0761 e. The first kappa shape index (κ1) is 37.6. The standard InChI is InChI=1S/C40H56O/c1-32(2)17-11-19-34(5)21-13-23-36(7)25-15-27-38(9)29-30-40(41)31-39(10)28-16-26-37(8)24-14-22-35(6)20-12-18-33(3)4/h11,13-19,21-29,31,40-41H,12,20,30H2,1-10H3/b19-11-,23-13+,24-14+,27-15+,28-16+,34-21+,35-22+,36-25+,37-26+,38-29+,39-31+. The summed E-state index contributed by atoms with van der Waals surface area (Å²) in [5.41, 5.74) is 9.81. The lowest BCUT2D eigenvalue weighted by molar-refractivity contribution is 0.226. The van der Waals surface area contributed by atoms with Gasteiger partial charge < -0.3 is 5.11 Å². The van der Waals surface area contributed by atoms with Crippen LogP contribution in [0.25, 0.3) is 0 Å². The molecule has 1 nitrogen and oxygen atoms in total. The normalized spacial score (nSPS) is 15.8. The van der Waals surface area contributed by atoms with Gasteiger partial charge in [0.25, 0.3) is 0 Å².